The second kappa shape index (κ2) is 8.41. The lowest BCUT2D eigenvalue weighted by Gasteiger charge is -2.34. The summed E-state index contributed by atoms with van der Waals surface area (Å²) < 4.78 is 0. The molecule has 0 aromatic heterocycles. The monoisotopic (exact) mass is 327 g/mol. The Morgan fingerprint density at radius 3 is 2.38 bits per heavy atom. The fourth-order valence-corrected chi connectivity index (χ4v) is 3.91. The Morgan fingerprint density at radius 2 is 1.81 bits per heavy atom. The standard InChI is InChI=1S/C18H27Cl2N/c1-3-13-5-8-15(9-6-13)18(21-4-2)12-14-7-10-16(19)17(20)11-14/h7,10-11,13,15,18,21H,3-6,8-9,12H2,1-2H3. The summed E-state index contributed by atoms with van der Waals surface area (Å²) >= 11 is 12.2. The van der Waals surface area contributed by atoms with Crippen molar-refractivity contribution in [2.24, 2.45) is 11.8 Å². The average Bonchev–Trinajstić information content (AvgIpc) is 2.50. The molecule has 3 heteroatoms. The largest absolute Gasteiger partial charge is 0.314 e. The summed E-state index contributed by atoms with van der Waals surface area (Å²) in [5.74, 6) is 1.75. The molecule has 0 saturated heterocycles. The molecule has 0 heterocycles. The highest BCUT2D eigenvalue weighted by Gasteiger charge is 2.26. The average molecular weight is 328 g/mol. The summed E-state index contributed by atoms with van der Waals surface area (Å²) in [6.07, 6.45) is 7.89. The number of benzene rings is 1. The molecule has 1 aromatic rings. The minimum absolute atomic E-state index is 0.560. The highest BCUT2D eigenvalue weighted by atomic mass is 35.5. The maximum absolute atomic E-state index is 6.15. The van der Waals surface area contributed by atoms with Gasteiger partial charge in [0.05, 0.1) is 10.0 Å². The van der Waals surface area contributed by atoms with E-state index in [0.29, 0.717) is 16.1 Å². The van der Waals surface area contributed by atoms with E-state index in [-0.39, 0.29) is 0 Å². The molecule has 0 radical (unpaired) electrons. The molecule has 1 nitrogen and oxygen atoms in total. The van der Waals surface area contributed by atoms with Gasteiger partial charge in [-0.05, 0) is 55.3 Å². The third-order valence-electron chi connectivity index (χ3n) is 4.94. The maximum atomic E-state index is 6.15. The molecule has 1 aliphatic rings. The van der Waals surface area contributed by atoms with E-state index in [4.69, 9.17) is 23.2 Å². The van der Waals surface area contributed by atoms with Crippen molar-refractivity contribution < 1.29 is 0 Å². The van der Waals surface area contributed by atoms with Gasteiger partial charge in [0, 0.05) is 6.04 Å². The Labute approximate surface area is 139 Å². The molecule has 0 amide bonds. The molecule has 1 aromatic carbocycles. The van der Waals surface area contributed by atoms with Gasteiger partial charge < -0.3 is 5.32 Å². The van der Waals surface area contributed by atoms with Gasteiger partial charge in [-0.1, -0.05) is 62.4 Å². The number of likely N-dealkylation sites (N-methyl/N-ethyl adjacent to an activating group) is 1. The predicted octanol–water partition coefficient (Wildman–Crippen LogP) is 5.73. The first-order valence-electron chi connectivity index (χ1n) is 8.31. The van der Waals surface area contributed by atoms with Crippen molar-refractivity contribution in [2.45, 2.75) is 58.4 Å². The van der Waals surface area contributed by atoms with E-state index in [1.807, 2.05) is 12.1 Å². The lowest BCUT2D eigenvalue weighted by molar-refractivity contribution is 0.218. The molecule has 1 unspecified atom stereocenters. The van der Waals surface area contributed by atoms with Gasteiger partial charge in [-0.3, -0.25) is 0 Å². The third kappa shape index (κ3) is 4.87. The van der Waals surface area contributed by atoms with Crippen LogP contribution in [-0.2, 0) is 6.42 Å². The van der Waals surface area contributed by atoms with Gasteiger partial charge in [-0.2, -0.15) is 0 Å². The first kappa shape index (κ1) is 17.1. The van der Waals surface area contributed by atoms with E-state index in [9.17, 15) is 0 Å². The van der Waals surface area contributed by atoms with Crippen LogP contribution in [0.15, 0.2) is 18.2 Å². The first-order chi connectivity index (χ1) is 10.1. The Balaban J connectivity index is 2.00. The molecular formula is C18H27Cl2N. The number of hydrogen-bond donors (Lipinski definition) is 1. The van der Waals surface area contributed by atoms with Crippen molar-refractivity contribution in [2.75, 3.05) is 6.54 Å². The lowest BCUT2D eigenvalue weighted by atomic mass is 9.76. The van der Waals surface area contributed by atoms with Crippen LogP contribution in [0.4, 0.5) is 0 Å². The summed E-state index contributed by atoms with van der Waals surface area (Å²) in [5, 5.41) is 5.00. The Hall–Kier alpha value is -0.240. The molecule has 0 aliphatic heterocycles. The molecule has 1 saturated carbocycles. The van der Waals surface area contributed by atoms with Crippen molar-refractivity contribution in [3.8, 4) is 0 Å². The van der Waals surface area contributed by atoms with Gasteiger partial charge in [-0.25, -0.2) is 0 Å². The molecular weight excluding hydrogens is 301 g/mol. The van der Waals surface area contributed by atoms with Crippen LogP contribution in [-0.4, -0.2) is 12.6 Å². The minimum Gasteiger partial charge on any atom is -0.314 e. The zero-order valence-electron chi connectivity index (χ0n) is 13.2. The Morgan fingerprint density at radius 1 is 1.10 bits per heavy atom. The predicted molar refractivity (Wildman–Crippen MR) is 93.4 cm³/mol. The fraction of sp³-hybridized carbons (Fsp3) is 0.667. The van der Waals surface area contributed by atoms with E-state index in [2.05, 4.69) is 25.2 Å². The van der Waals surface area contributed by atoms with E-state index < -0.39 is 0 Å². The Bertz CT molecular complexity index is 439. The van der Waals surface area contributed by atoms with Crippen LogP contribution < -0.4 is 5.32 Å². The molecule has 1 aliphatic carbocycles. The van der Waals surface area contributed by atoms with Crippen LogP contribution in [0.1, 0.15) is 51.5 Å². The van der Waals surface area contributed by atoms with Crippen molar-refractivity contribution in [1.29, 1.82) is 0 Å². The van der Waals surface area contributed by atoms with Gasteiger partial charge in [-0.15, -0.1) is 0 Å². The molecule has 0 bridgehead atoms. The van der Waals surface area contributed by atoms with Crippen molar-refractivity contribution >= 4 is 23.2 Å². The van der Waals surface area contributed by atoms with E-state index in [0.717, 1.165) is 24.8 Å². The summed E-state index contributed by atoms with van der Waals surface area (Å²) in [5.41, 5.74) is 1.29. The SMILES string of the molecule is CCNC(Cc1ccc(Cl)c(Cl)c1)C1CCC(CC)CC1. The summed E-state index contributed by atoms with van der Waals surface area (Å²) in [6, 6.07) is 6.60. The van der Waals surface area contributed by atoms with Gasteiger partial charge in [0.15, 0.2) is 0 Å². The second-order valence-electron chi connectivity index (χ2n) is 6.31. The van der Waals surface area contributed by atoms with Gasteiger partial charge in [0.2, 0.25) is 0 Å². The molecule has 1 fully saturated rings. The normalized spacial score (nSPS) is 24.0. The van der Waals surface area contributed by atoms with Gasteiger partial charge >= 0.3 is 0 Å². The zero-order chi connectivity index (χ0) is 15.2. The van der Waals surface area contributed by atoms with Gasteiger partial charge in [0.1, 0.15) is 0 Å². The van der Waals surface area contributed by atoms with E-state index in [1.54, 1.807) is 0 Å². The van der Waals surface area contributed by atoms with Crippen LogP contribution in [0.25, 0.3) is 0 Å². The zero-order valence-corrected chi connectivity index (χ0v) is 14.7. The molecule has 1 N–H and O–H groups in total. The smallest absolute Gasteiger partial charge is 0.0595 e. The summed E-state index contributed by atoms with van der Waals surface area (Å²) in [7, 11) is 0. The van der Waals surface area contributed by atoms with Crippen LogP contribution in [0.2, 0.25) is 10.0 Å². The van der Waals surface area contributed by atoms with Crippen LogP contribution in [0.5, 0.6) is 0 Å². The molecule has 118 valence electrons. The van der Waals surface area contributed by atoms with E-state index >= 15 is 0 Å². The summed E-state index contributed by atoms with van der Waals surface area (Å²) in [4.78, 5) is 0. The third-order valence-corrected chi connectivity index (χ3v) is 5.68. The highest BCUT2D eigenvalue weighted by molar-refractivity contribution is 6.42. The molecule has 1 atom stereocenters. The summed E-state index contributed by atoms with van der Waals surface area (Å²) in [6.45, 7) is 5.54. The van der Waals surface area contributed by atoms with Crippen LogP contribution >= 0.6 is 23.2 Å². The second-order valence-corrected chi connectivity index (χ2v) is 7.12. The van der Waals surface area contributed by atoms with Crippen molar-refractivity contribution in [3.63, 3.8) is 0 Å². The van der Waals surface area contributed by atoms with Crippen molar-refractivity contribution in [1.82, 2.24) is 5.32 Å². The topological polar surface area (TPSA) is 12.0 Å². The quantitative estimate of drug-likeness (QED) is 0.703. The highest BCUT2D eigenvalue weighted by Crippen LogP contribution is 2.34. The van der Waals surface area contributed by atoms with Crippen molar-refractivity contribution in [3.05, 3.63) is 33.8 Å². The van der Waals surface area contributed by atoms with Crippen LogP contribution in [0, 0.1) is 11.8 Å². The first-order valence-corrected chi connectivity index (χ1v) is 9.06. The molecule has 0 spiro atoms. The fourth-order valence-electron chi connectivity index (χ4n) is 3.59. The van der Waals surface area contributed by atoms with Gasteiger partial charge in [0.25, 0.3) is 0 Å². The molecule has 2 rings (SSSR count). The number of nitrogens with one attached hydrogen (secondary N) is 1. The lowest BCUT2D eigenvalue weighted by Crippen LogP contribution is -2.39. The molecule has 21 heavy (non-hydrogen) atoms. The van der Waals surface area contributed by atoms with Crippen LogP contribution in [0.3, 0.4) is 0 Å². The maximum Gasteiger partial charge on any atom is 0.0595 e. The van der Waals surface area contributed by atoms with E-state index in [1.165, 1.54) is 37.7 Å². The minimum atomic E-state index is 0.560. The Kier molecular flexibility index (Phi) is 6.85. The number of hydrogen-bond acceptors (Lipinski definition) is 1. The number of rotatable bonds is 6. The number of halogens is 2.